The number of esters is 1. The molecule has 0 aliphatic heterocycles. The number of hydrogen-bond donors (Lipinski definition) is 1. The Hall–Kier alpha value is -1.88. The number of rotatable bonds is 4. The molecule has 1 N–H and O–H groups in total. The molecule has 0 saturated carbocycles. The molecule has 0 amide bonds. The van der Waals surface area contributed by atoms with Gasteiger partial charge in [0.1, 0.15) is 5.69 Å². The fourth-order valence-electron chi connectivity index (χ4n) is 2.49. The molecule has 1 heterocycles. The van der Waals surface area contributed by atoms with Gasteiger partial charge in [0.2, 0.25) is 0 Å². The van der Waals surface area contributed by atoms with E-state index in [2.05, 4.69) is 44.0 Å². The molecule has 2 rings (SSSR count). The zero-order valence-electron chi connectivity index (χ0n) is 12.8. The first-order chi connectivity index (χ1) is 9.99. The van der Waals surface area contributed by atoms with Crippen LogP contribution in [0.4, 0.5) is 0 Å². The van der Waals surface area contributed by atoms with Gasteiger partial charge in [-0.15, -0.1) is 0 Å². The molecule has 1 aromatic heterocycles. The van der Waals surface area contributed by atoms with E-state index in [1.54, 1.807) is 6.20 Å². The van der Waals surface area contributed by atoms with Crippen LogP contribution in [-0.2, 0) is 4.74 Å². The van der Waals surface area contributed by atoms with E-state index in [1.807, 2.05) is 4.57 Å². The quantitative estimate of drug-likeness (QED) is 0.687. The first kappa shape index (κ1) is 15.5. The topological polar surface area (TPSA) is 47.0 Å². The largest absolute Gasteiger partial charge is 0.464 e. The average Bonchev–Trinajstić information content (AvgIpc) is 2.85. The molecular weight excluding hydrogens is 284 g/mol. The molecule has 21 heavy (non-hydrogen) atoms. The summed E-state index contributed by atoms with van der Waals surface area (Å²) in [5.74, 6) is -0.385. The van der Waals surface area contributed by atoms with Crippen LogP contribution in [0.2, 0.25) is 0 Å². The maximum atomic E-state index is 11.9. The molecular formula is C16H20N2O2S. The summed E-state index contributed by atoms with van der Waals surface area (Å²) >= 11 is 5.34. The number of aryl methyl sites for hydroxylation is 2. The minimum Gasteiger partial charge on any atom is -0.464 e. The van der Waals surface area contributed by atoms with Gasteiger partial charge in [0.15, 0.2) is 4.77 Å². The number of methoxy groups -OCH3 is 1. The van der Waals surface area contributed by atoms with Crippen LogP contribution in [0.5, 0.6) is 0 Å². The number of hydrogen-bond acceptors (Lipinski definition) is 3. The van der Waals surface area contributed by atoms with Gasteiger partial charge in [0.05, 0.1) is 13.2 Å². The summed E-state index contributed by atoms with van der Waals surface area (Å²) in [6.07, 6.45) is 2.44. The van der Waals surface area contributed by atoms with Crippen molar-refractivity contribution in [1.29, 1.82) is 0 Å². The SMILES string of the molecule is CCC(c1ccc(C)c(C)c1)n1c(C(=O)OC)c[nH]c1=S. The number of carbonyl (C=O) groups is 1. The zero-order chi connectivity index (χ0) is 15.6. The van der Waals surface area contributed by atoms with Gasteiger partial charge in [0, 0.05) is 6.20 Å². The molecule has 0 saturated heterocycles. The number of ether oxygens (including phenoxy) is 1. The lowest BCUT2D eigenvalue weighted by atomic mass is 9.99. The van der Waals surface area contributed by atoms with Crippen LogP contribution in [0.15, 0.2) is 24.4 Å². The third kappa shape index (κ3) is 2.93. The predicted octanol–water partition coefficient (Wildman–Crippen LogP) is 3.95. The van der Waals surface area contributed by atoms with Gasteiger partial charge in [-0.2, -0.15) is 0 Å². The van der Waals surface area contributed by atoms with E-state index in [9.17, 15) is 4.79 Å². The number of benzene rings is 1. The Morgan fingerprint density at radius 2 is 2.10 bits per heavy atom. The second-order valence-corrected chi connectivity index (χ2v) is 5.50. The lowest BCUT2D eigenvalue weighted by Gasteiger charge is -2.20. The van der Waals surface area contributed by atoms with E-state index in [4.69, 9.17) is 17.0 Å². The number of imidazole rings is 1. The highest BCUT2D eigenvalue weighted by molar-refractivity contribution is 7.71. The van der Waals surface area contributed by atoms with E-state index in [0.717, 1.165) is 12.0 Å². The van der Waals surface area contributed by atoms with Crippen molar-refractivity contribution >= 4 is 18.2 Å². The second kappa shape index (κ2) is 6.26. The Morgan fingerprint density at radius 1 is 1.38 bits per heavy atom. The lowest BCUT2D eigenvalue weighted by Crippen LogP contribution is -2.17. The summed E-state index contributed by atoms with van der Waals surface area (Å²) in [5, 5.41) is 0. The Labute approximate surface area is 129 Å². The number of H-pyrrole nitrogens is 1. The monoisotopic (exact) mass is 304 g/mol. The smallest absolute Gasteiger partial charge is 0.356 e. The molecule has 2 aromatic rings. The van der Waals surface area contributed by atoms with E-state index in [-0.39, 0.29) is 12.0 Å². The number of aromatic nitrogens is 2. The van der Waals surface area contributed by atoms with Crippen molar-refractivity contribution in [3.05, 3.63) is 51.6 Å². The fourth-order valence-corrected chi connectivity index (χ4v) is 2.77. The first-order valence-corrected chi connectivity index (χ1v) is 7.35. The molecule has 5 heteroatoms. The highest BCUT2D eigenvalue weighted by Gasteiger charge is 2.21. The highest BCUT2D eigenvalue weighted by atomic mass is 32.1. The Kier molecular flexibility index (Phi) is 4.63. The minimum atomic E-state index is -0.385. The Balaban J connectivity index is 2.56. The molecule has 1 atom stereocenters. The average molecular weight is 304 g/mol. The normalized spacial score (nSPS) is 12.2. The number of aromatic amines is 1. The Morgan fingerprint density at radius 3 is 2.67 bits per heavy atom. The summed E-state index contributed by atoms with van der Waals surface area (Å²) in [6.45, 7) is 6.25. The molecule has 1 unspecified atom stereocenters. The van der Waals surface area contributed by atoms with Crippen molar-refractivity contribution < 1.29 is 9.53 Å². The fraction of sp³-hybridized carbons (Fsp3) is 0.375. The maximum absolute atomic E-state index is 11.9. The third-order valence-electron chi connectivity index (χ3n) is 3.82. The summed E-state index contributed by atoms with van der Waals surface area (Å²) in [4.78, 5) is 14.9. The molecule has 0 aliphatic rings. The van der Waals surface area contributed by atoms with Gasteiger partial charge < -0.3 is 14.3 Å². The van der Waals surface area contributed by atoms with Crippen molar-refractivity contribution in [2.75, 3.05) is 7.11 Å². The van der Waals surface area contributed by atoms with Gasteiger partial charge in [0.25, 0.3) is 0 Å². The molecule has 1 aromatic carbocycles. The molecule has 4 nitrogen and oxygen atoms in total. The van der Waals surface area contributed by atoms with E-state index < -0.39 is 0 Å². The maximum Gasteiger partial charge on any atom is 0.356 e. The van der Waals surface area contributed by atoms with E-state index >= 15 is 0 Å². The summed E-state index contributed by atoms with van der Waals surface area (Å²) in [7, 11) is 1.37. The van der Waals surface area contributed by atoms with Gasteiger partial charge in [-0.25, -0.2) is 4.79 Å². The van der Waals surface area contributed by atoms with E-state index in [1.165, 1.54) is 18.2 Å². The minimum absolute atomic E-state index is 0.0112. The molecule has 0 bridgehead atoms. The van der Waals surface area contributed by atoms with Crippen molar-refractivity contribution in [3.63, 3.8) is 0 Å². The van der Waals surface area contributed by atoms with Crippen LogP contribution in [0.25, 0.3) is 0 Å². The van der Waals surface area contributed by atoms with Gasteiger partial charge >= 0.3 is 5.97 Å². The second-order valence-electron chi connectivity index (χ2n) is 5.11. The molecule has 112 valence electrons. The summed E-state index contributed by atoms with van der Waals surface area (Å²) in [5.41, 5.74) is 4.07. The van der Waals surface area contributed by atoms with Crippen LogP contribution < -0.4 is 0 Å². The van der Waals surface area contributed by atoms with Crippen LogP contribution in [0, 0.1) is 18.6 Å². The van der Waals surface area contributed by atoms with Crippen molar-refractivity contribution in [2.24, 2.45) is 0 Å². The van der Waals surface area contributed by atoms with Crippen LogP contribution in [0.1, 0.15) is 46.6 Å². The van der Waals surface area contributed by atoms with Gasteiger partial charge in [-0.05, 0) is 49.2 Å². The molecule has 0 aliphatic carbocycles. The van der Waals surface area contributed by atoms with Crippen LogP contribution in [-0.4, -0.2) is 22.6 Å². The molecule has 0 fully saturated rings. The highest BCUT2D eigenvalue weighted by Crippen LogP contribution is 2.26. The first-order valence-electron chi connectivity index (χ1n) is 6.95. The predicted molar refractivity (Wildman–Crippen MR) is 85.3 cm³/mol. The lowest BCUT2D eigenvalue weighted by molar-refractivity contribution is 0.0586. The van der Waals surface area contributed by atoms with Crippen molar-refractivity contribution in [2.45, 2.75) is 33.2 Å². The molecule has 0 spiro atoms. The number of nitrogens with one attached hydrogen (secondary N) is 1. The number of carbonyl (C=O) groups excluding carboxylic acids is 1. The zero-order valence-corrected chi connectivity index (χ0v) is 13.6. The van der Waals surface area contributed by atoms with Crippen molar-refractivity contribution in [3.8, 4) is 0 Å². The summed E-state index contributed by atoms with van der Waals surface area (Å²) in [6, 6.07) is 6.35. The van der Waals surface area contributed by atoms with E-state index in [0.29, 0.717) is 10.5 Å². The Bertz CT molecular complexity index is 715. The van der Waals surface area contributed by atoms with Gasteiger partial charge in [-0.1, -0.05) is 25.1 Å². The third-order valence-corrected chi connectivity index (χ3v) is 4.13. The van der Waals surface area contributed by atoms with Gasteiger partial charge in [-0.3, -0.25) is 0 Å². The standard InChI is InChI=1S/C16H20N2O2S/c1-5-13(12-7-6-10(2)11(3)8-12)18-14(15(19)20-4)9-17-16(18)21/h6-9,13H,5H2,1-4H3,(H,17,21). The number of nitrogens with zero attached hydrogens (tertiary/aromatic N) is 1. The van der Waals surface area contributed by atoms with Crippen molar-refractivity contribution in [1.82, 2.24) is 9.55 Å². The summed E-state index contributed by atoms with van der Waals surface area (Å²) < 4.78 is 7.20. The van der Waals surface area contributed by atoms with Crippen LogP contribution >= 0.6 is 12.2 Å². The van der Waals surface area contributed by atoms with Crippen LogP contribution in [0.3, 0.4) is 0 Å². The molecule has 0 radical (unpaired) electrons.